The summed E-state index contributed by atoms with van der Waals surface area (Å²) in [4.78, 5) is 17.9. The van der Waals surface area contributed by atoms with E-state index in [1.54, 1.807) is 7.05 Å². The number of carbonyl (C=O) groups is 1. The molecule has 0 atom stereocenters. The van der Waals surface area contributed by atoms with Crippen LogP contribution in [0.5, 0.6) is 0 Å². The van der Waals surface area contributed by atoms with Crippen molar-refractivity contribution in [2.75, 3.05) is 40.4 Å². The molecule has 7 heteroatoms. The van der Waals surface area contributed by atoms with E-state index in [9.17, 15) is 4.79 Å². The Hall–Kier alpha value is -0.570. The molecule has 1 amide bonds. The fourth-order valence-electron chi connectivity index (χ4n) is 1.98. The van der Waals surface area contributed by atoms with Crippen molar-refractivity contribution < 1.29 is 9.53 Å². The minimum absolute atomic E-state index is 0. The molecule has 1 fully saturated rings. The summed E-state index contributed by atoms with van der Waals surface area (Å²) < 4.78 is 5.23. The number of nitrogens with one attached hydrogen (secondary N) is 2. The fourth-order valence-corrected chi connectivity index (χ4v) is 1.98. The Balaban J connectivity index is 0.00000400. The van der Waals surface area contributed by atoms with Crippen LogP contribution in [0.1, 0.15) is 27.7 Å². The molecule has 0 spiro atoms. The molecule has 0 aliphatic carbocycles. The number of halogens is 1. The van der Waals surface area contributed by atoms with Gasteiger partial charge in [0, 0.05) is 31.6 Å². The lowest BCUT2D eigenvalue weighted by Gasteiger charge is -2.39. The van der Waals surface area contributed by atoms with E-state index in [0.717, 1.165) is 25.7 Å². The Kier molecular flexibility index (Phi) is 7.94. The van der Waals surface area contributed by atoms with E-state index in [4.69, 9.17) is 4.74 Å². The van der Waals surface area contributed by atoms with Gasteiger partial charge in [0.2, 0.25) is 5.91 Å². The maximum atomic E-state index is 11.9. The first-order valence-electron chi connectivity index (χ1n) is 6.96. The molecular formula is C14H29IN4O2. The van der Waals surface area contributed by atoms with Crippen LogP contribution in [0.4, 0.5) is 0 Å². The first kappa shape index (κ1) is 20.4. The highest BCUT2D eigenvalue weighted by Crippen LogP contribution is 2.25. The van der Waals surface area contributed by atoms with E-state index in [1.165, 1.54) is 0 Å². The monoisotopic (exact) mass is 412 g/mol. The number of carbonyl (C=O) groups excluding carboxylic acids is 1. The van der Waals surface area contributed by atoms with Crippen LogP contribution in [0, 0.1) is 5.41 Å². The molecule has 0 aromatic rings. The number of likely N-dealkylation sites (N-methyl/N-ethyl adjacent to an activating group) is 1. The van der Waals surface area contributed by atoms with Gasteiger partial charge in [0.05, 0.1) is 19.8 Å². The van der Waals surface area contributed by atoms with Crippen molar-refractivity contribution >= 4 is 35.8 Å². The number of guanidine groups is 1. The second-order valence-corrected chi connectivity index (χ2v) is 6.86. The molecule has 0 radical (unpaired) electrons. The summed E-state index contributed by atoms with van der Waals surface area (Å²) in [6, 6.07) is 0. The van der Waals surface area contributed by atoms with Crippen molar-refractivity contribution in [1.29, 1.82) is 0 Å². The second-order valence-electron chi connectivity index (χ2n) is 6.86. The lowest BCUT2D eigenvalue weighted by Crippen LogP contribution is -2.53. The highest BCUT2D eigenvalue weighted by molar-refractivity contribution is 14.0. The van der Waals surface area contributed by atoms with Crippen LogP contribution in [-0.2, 0) is 9.53 Å². The summed E-state index contributed by atoms with van der Waals surface area (Å²) >= 11 is 0. The van der Waals surface area contributed by atoms with Gasteiger partial charge in [-0.25, -0.2) is 0 Å². The Morgan fingerprint density at radius 2 is 1.95 bits per heavy atom. The Morgan fingerprint density at radius 1 is 1.38 bits per heavy atom. The van der Waals surface area contributed by atoms with Crippen LogP contribution >= 0.6 is 24.0 Å². The molecule has 0 saturated carbocycles. The van der Waals surface area contributed by atoms with Crippen molar-refractivity contribution in [3.8, 4) is 0 Å². The molecule has 6 nitrogen and oxygen atoms in total. The minimum Gasteiger partial charge on any atom is -0.380 e. The molecule has 1 rings (SSSR count). The maximum absolute atomic E-state index is 11.9. The van der Waals surface area contributed by atoms with Gasteiger partial charge >= 0.3 is 0 Å². The van der Waals surface area contributed by atoms with Gasteiger partial charge in [-0.05, 0) is 20.8 Å². The second kappa shape index (κ2) is 8.17. The predicted molar refractivity (Wildman–Crippen MR) is 96.2 cm³/mol. The minimum atomic E-state index is -0.217. The zero-order valence-corrected chi connectivity index (χ0v) is 16.3. The first-order valence-corrected chi connectivity index (χ1v) is 6.96. The molecule has 21 heavy (non-hydrogen) atoms. The standard InChI is InChI=1S/C14H28N4O2.HI/c1-13(2,3)17-11(19)7-18(6)12(15-5)16-8-14(4)9-20-10-14;/h7-10H2,1-6H3,(H,15,16)(H,17,19);1H. The van der Waals surface area contributed by atoms with E-state index in [-0.39, 0.29) is 47.4 Å². The van der Waals surface area contributed by atoms with Crippen LogP contribution in [0.15, 0.2) is 4.99 Å². The van der Waals surface area contributed by atoms with Crippen LogP contribution in [-0.4, -0.2) is 62.7 Å². The third kappa shape index (κ3) is 7.30. The van der Waals surface area contributed by atoms with Crippen LogP contribution in [0.25, 0.3) is 0 Å². The average molecular weight is 412 g/mol. The largest absolute Gasteiger partial charge is 0.380 e. The van der Waals surface area contributed by atoms with Gasteiger partial charge in [0.1, 0.15) is 0 Å². The lowest BCUT2D eigenvalue weighted by molar-refractivity contribution is -0.122. The summed E-state index contributed by atoms with van der Waals surface area (Å²) in [5, 5.41) is 6.24. The number of amides is 1. The number of rotatable bonds is 4. The molecule has 2 N–H and O–H groups in total. The zero-order valence-electron chi connectivity index (χ0n) is 13.9. The zero-order chi connectivity index (χ0) is 15.4. The molecule has 0 bridgehead atoms. The van der Waals surface area contributed by atoms with E-state index in [1.807, 2.05) is 32.7 Å². The molecule has 0 aromatic heterocycles. The van der Waals surface area contributed by atoms with Crippen LogP contribution < -0.4 is 10.6 Å². The molecular weight excluding hydrogens is 383 g/mol. The van der Waals surface area contributed by atoms with Crippen LogP contribution in [0.2, 0.25) is 0 Å². The normalized spacial score (nSPS) is 17.3. The van der Waals surface area contributed by atoms with E-state index >= 15 is 0 Å². The van der Waals surface area contributed by atoms with Gasteiger partial charge in [-0.2, -0.15) is 0 Å². The van der Waals surface area contributed by atoms with Crippen molar-refractivity contribution in [3.05, 3.63) is 0 Å². The van der Waals surface area contributed by atoms with E-state index < -0.39 is 0 Å². The molecule has 1 aliphatic heterocycles. The summed E-state index contributed by atoms with van der Waals surface area (Å²) in [5.74, 6) is 0.711. The summed E-state index contributed by atoms with van der Waals surface area (Å²) in [5.41, 5.74) is -0.0456. The quantitative estimate of drug-likeness (QED) is 0.412. The molecule has 0 aromatic carbocycles. The smallest absolute Gasteiger partial charge is 0.240 e. The topological polar surface area (TPSA) is 66.0 Å². The number of nitrogens with zero attached hydrogens (tertiary/aromatic N) is 2. The summed E-state index contributed by atoms with van der Waals surface area (Å²) in [7, 11) is 3.58. The Bertz CT molecular complexity index is 376. The van der Waals surface area contributed by atoms with Gasteiger partial charge in [-0.3, -0.25) is 9.79 Å². The van der Waals surface area contributed by atoms with Gasteiger partial charge in [0.15, 0.2) is 5.96 Å². The SMILES string of the molecule is CN=C(NCC1(C)COC1)N(C)CC(=O)NC(C)(C)C.I. The predicted octanol–water partition coefficient (Wildman–Crippen LogP) is 1.06. The number of ether oxygens (including phenoxy) is 1. The van der Waals surface area contributed by atoms with Gasteiger partial charge in [-0.15, -0.1) is 24.0 Å². The maximum Gasteiger partial charge on any atom is 0.240 e. The third-order valence-electron chi connectivity index (χ3n) is 3.04. The lowest BCUT2D eigenvalue weighted by atomic mass is 9.89. The highest BCUT2D eigenvalue weighted by Gasteiger charge is 2.33. The first-order chi connectivity index (χ1) is 9.15. The number of hydrogen-bond acceptors (Lipinski definition) is 3. The number of hydrogen-bond donors (Lipinski definition) is 2. The van der Waals surface area contributed by atoms with Gasteiger partial charge < -0.3 is 20.3 Å². The van der Waals surface area contributed by atoms with Crippen LogP contribution in [0.3, 0.4) is 0 Å². The number of aliphatic imine (C=N–C) groups is 1. The Morgan fingerprint density at radius 3 is 2.33 bits per heavy atom. The molecule has 1 saturated heterocycles. The van der Waals surface area contributed by atoms with Crippen molar-refractivity contribution in [2.24, 2.45) is 10.4 Å². The van der Waals surface area contributed by atoms with Gasteiger partial charge in [0.25, 0.3) is 0 Å². The summed E-state index contributed by atoms with van der Waals surface area (Å²) in [6.45, 7) is 10.7. The molecule has 0 unspecified atom stereocenters. The Labute approximate surface area is 145 Å². The van der Waals surface area contributed by atoms with E-state index in [2.05, 4.69) is 22.5 Å². The van der Waals surface area contributed by atoms with E-state index in [0.29, 0.717) is 0 Å². The molecule has 1 aliphatic rings. The van der Waals surface area contributed by atoms with Gasteiger partial charge in [-0.1, -0.05) is 6.92 Å². The summed E-state index contributed by atoms with van der Waals surface area (Å²) in [6.07, 6.45) is 0. The third-order valence-corrected chi connectivity index (χ3v) is 3.04. The van der Waals surface area contributed by atoms with Crippen molar-refractivity contribution in [3.63, 3.8) is 0 Å². The van der Waals surface area contributed by atoms with Crippen molar-refractivity contribution in [1.82, 2.24) is 15.5 Å². The van der Waals surface area contributed by atoms with Crippen molar-refractivity contribution in [2.45, 2.75) is 33.2 Å². The highest BCUT2D eigenvalue weighted by atomic mass is 127. The average Bonchev–Trinajstić information content (AvgIpc) is 2.24. The molecule has 124 valence electrons. The molecule has 1 heterocycles. The fraction of sp³-hybridized carbons (Fsp3) is 0.857.